The van der Waals surface area contributed by atoms with Gasteiger partial charge in [0.05, 0.1) is 0 Å². The summed E-state index contributed by atoms with van der Waals surface area (Å²) < 4.78 is 1.08. The van der Waals surface area contributed by atoms with E-state index in [-0.39, 0.29) is 0 Å². The summed E-state index contributed by atoms with van der Waals surface area (Å²) in [6.07, 6.45) is 2.70. The van der Waals surface area contributed by atoms with E-state index in [2.05, 4.69) is 57.2 Å². The zero-order valence-electron chi connectivity index (χ0n) is 11.0. The van der Waals surface area contributed by atoms with E-state index < -0.39 is 0 Å². The second-order valence-electron chi connectivity index (χ2n) is 4.14. The van der Waals surface area contributed by atoms with Crippen LogP contribution in [0.25, 0.3) is 0 Å². The van der Waals surface area contributed by atoms with Crippen LogP contribution in [0.1, 0.15) is 18.9 Å². The highest BCUT2D eigenvalue weighted by Gasteiger charge is 2.08. The van der Waals surface area contributed by atoms with Crippen LogP contribution in [0.2, 0.25) is 0 Å². The molecule has 0 unspecified atom stereocenters. The average molecular weight is 338 g/mol. The molecule has 0 atom stereocenters. The zero-order chi connectivity index (χ0) is 13.7. The predicted molar refractivity (Wildman–Crippen MR) is 83.8 cm³/mol. The van der Waals surface area contributed by atoms with Gasteiger partial charge in [0.25, 0.3) is 0 Å². The fraction of sp³-hybridized carbons (Fsp3) is 0.286. The molecular formula is C14H16BrN3S. The maximum absolute atomic E-state index is 4.36. The third-order valence-electron chi connectivity index (χ3n) is 2.61. The van der Waals surface area contributed by atoms with Gasteiger partial charge in [-0.1, -0.05) is 34.6 Å². The number of nitrogens with one attached hydrogen (secondary N) is 1. The SMILES string of the molecule is CCCNc1ncnc(Sc2ccc(Br)cc2)c1C. The van der Waals surface area contributed by atoms with Crippen LogP contribution >= 0.6 is 27.7 Å². The first kappa shape index (κ1) is 14.3. The van der Waals surface area contributed by atoms with Gasteiger partial charge in [0.2, 0.25) is 0 Å². The van der Waals surface area contributed by atoms with Crippen molar-refractivity contribution in [2.45, 2.75) is 30.2 Å². The predicted octanol–water partition coefficient (Wildman–Crippen LogP) is 4.52. The summed E-state index contributed by atoms with van der Waals surface area (Å²) in [5.41, 5.74) is 1.10. The van der Waals surface area contributed by atoms with Crippen LogP contribution in [0.15, 0.2) is 45.0 Å². The maximum atomic E-state index is 4.36. The molecule has 1 aromatic carbocycles. The topological polar surface area (TPSA) is 37.8 Å². The number of hydrogen-bond donors (Lipinski definition) is 1. The minimum atomic E-state index is 0.927. The average Bonchev–Trinajstić information content (AvgIpc) is 2.42. The smallest absolute Gasteiger partial charge is 0.133 e. The monoisotopic (exact) mass is 337 g/mol. The number of benzene rings is 1. The van der Waals surface area contributed by atoms with Crippen LogP contribution in [-0.4, -0.2) is 16.5 Å². The molecule has 0 aliphatic carbocycles. The van der Waals surface area contributed by atoms with Crippen molar-refractivity contribution >= 4 is 33.5 Å². The Morgan fingerprint density at radius 1 is 1.21 bits per heavy atom. The van der Waals surface area contributed by atoms with E-state index in [9.17, 15) is 0 Å². The van der Waals surface area contributed by atoms with Gasteiger partial charge in [0, 0.05) is 21.5 Å². The molecule has 1 heterocycles. The van der Waals surface area contributed by atoms with Crippen molar-refractivity contribution in [2.75, 3.05) is 11.9 Å². The van der Waals surface area contributed by atoms with E-state index in [0.717, 1.165) is 33.8 Å². The van der Waals surface area contributed by atoms with Gasteiger partial charge in [-0.2, -0.15) is 0 Å². The second kappa shape index (κ2) is 6.91. The Kier molecular flexibility index (Phi) is 5.22. The number of nitrogens with zero attached hydrogens (tertiary/aromatic N) is 2. The summed E-state index contributed by atoms with van der Waals surface area (Å²) in [7, 11) is 0. The number of anilines is 1. The second-order valence-corrected chi connectivity index (χ2v) is 6.11. The normalized spacial score (nSPS) is 10.5. The number of hydrogen-bond acceptors (Lipinski definition) is 4. The van der Waals surface area contributed by atoms with Gasteiger partial charge in [0.15, 0.2) is 0 Å². The molecule has 0 bridgehead atoms. The van der Waals surface area contributed by atoms with Gasteiger partial charge in [-0.3, -0.25) is 0 Å². The minimum absolute atomic E-state index is 0.927. The fourth-order valence-electron chi connectivity index (χ4n) is 1.57. The lowest BCUT2D eigenvalue weighted by molar-refractivity contribution is 0.938. The summed E-state index contributed by atoms with van der Waals surface area (Å²) in [4.78, 5) is 9.83. The van der Waals surface area contributed by atoms with Crippen LogP contribution in [0.3, 0.4) is 0 Å². The minimum Gasteiger partial charge on any atom is -0.370 e. The third kappa shape index (κ3) is 3.94. The lowest BCUT2D eigenvalue weighted by Crippen LogP contribution is -2.05. The standard InChI is InChI=1S/C14H16BrN3S/c1-3-8-16-13-10(2)14(18-9-17-13)19-12-6-4-11(15)5-7-12/h4-7,9H,3,8H2,1-2H3,(H,16,17,18). The molecule has 0 radical (unpaired) electrons. The number of halogens is 1. The Balaban J connectivity index is 2.18. The molecule has 19 heavy (non-hydrogen) atoms. The van der Waals surface area contributed by atoms with E-state index >= 15 is 0 Å². The van der Waals surface area contributed by atoms with Crippen LogP contribution < -0.4 is 5.32 Å². The Bertz CT molecular complexity index is 543. The summed E-state index contributed by atoms with van der Waals surface area (Å²) in [6.45, 7) is 5.13. The Morgan fingerprint density at radius 2 is 1.95 bits per heavy atom. The molecule has 3 nitrogen and oxygen atoms in total. The lowest BCUT2D eigenvalue weighted by Gasteiger charge is -2.10. The van der Waals surface area contributed by atoms with Gasteiger partial charge in [-0.05, 0) is 37.6 Å². The quantitative estimate of drug-likeness (QED) is 0.814. The molecule has 0 aliphatic rings. The highest BCUT2D eigenvalue weighted by Crippen LogP contribution is 2.31. The molecule has 2 rings (SSSR count). The Labute approximate surface area is 126 Å². The van der Waals surface area contributed by atoms with E-state index in [1.165, 1.54) is 4.90 Å². The molecule has 100 valence electrons. The third-order valence-corrected chi connectivity index (χ3v) is 4.25. The van der Waals surface area contributed by atoms with Crippen LogP contribution in [-0.2, 0) is 0 Å². The molecule has 1 N–H and O–H groups in total. The molecule has 0 saturated heterocycles. The lowest BCUT2D eigenvalue weighted by atomic mass is 10.3. The summed E-state index contributed by atoms with van der Waals surface area (Å²) in [5, 5.41) is 4.32. The first-order valence-corrected chi connectivity index (χ1v) is 7.80. The molecule has 0 spiro atoms. The Hall–Kier alpha value is -1.07. The Morgan fingerprint density at radius 3 is 2.63 bits per heavy atom. The van der Waals surface area contributed by atoms with E-state index in [4.69, 9.17) is 0 Å². The first-order chi connectivity index (χ1) is 9.20. The van der Waals surface area contributed by atoms with Crippen molar-refractivity contribution in [1.82, 2.24) is 9.97 Å². The van der Waals surface area contributed by atoms with Crippen molar-refractivity contribution in [1.29, 1.82) is 0 Å². The highest BCUT2D eigenvalue weighted by molar-refractivity contribution is 9.10. The molecule has 2 aromatic rings. The summed E-state index contributed by atoms with van der Waals surface area (Å²) >= 11 is 5.10. The fourth-order valence-corrected chi connectivity index (χ4v) is 2.68. The molecule has 0 saturated carbocycles. The van der Waals surface area contributed by atoms with Crippen molar-refractivity contribution < 1.29 is 0 Å². The molecule has 0 amide bonds. The van der Waals surface area contributed by atoms with Crippen LogP contribution in [0.4, 0.5) is 5.82 Å². The van der Waals surface area contributed by atoms with Gasteiger partial charge >= 0.3 is 0 Å². The number of aromatic nitrogens is 2. The van der Waals surface area contributed by atoms with Crippen molar-refractivity contribution in [3.05, 3.63) is 40.6 Å². The highest BCUT2D eigenvalue weighted by atomic mass is 79.9. The van der Waals surface area contributed by atoms with E-state index in [0.29, 0.717) is 0 Å². The van der Waals surface area contributed by atoms with Crippen molar-refractivity contribution in [2.24, 2.45) is 0 Å². The maximum Gasteiger partial charge on any atom is 0.133 e. The summed E-state index contributed by atoms with van der Waals surface area (Å²) in [6, 6.07) is 8.23. The van der Waals surface area contributed by atoms with Gasteiger partial charge in [-0.25, -0.2) is 9.97 Å². The van der Waals surface area contributed by atoms with E-state index in [1.807, 2.05) is 12.1 Å². The molecular weight excluding hydrogens is 322 g/mol. The molecule has 0 aliphatic heterocycles. The van der Waals surface area contributed by atoms with Gasteiger partial charge in [0.1, 0.15) is 17.2 Å². The molecule has 5 heteroatoms. The number of rotatable bonds is 5. The first-order valence-electron chi connectivity index (χ1n) is 6.19. The molecule has 0 fully saturated rings. The zero-order valence-corrected chi connectivity index (χ0v) is 13.4. The van der Waals surface area contributed by atoms with Gasteiger partial charge < -0.3 is 5.32 Å². The largest absolute Gasteiger partial charge is 0.370 e. The van der Waals surface area contributed by atoms with Crippen LogP contribution in [0, 0.1) is 6.92 Å². The van der Waals surface area contributed by atoms with Crippen molar-refractivity contribution in [3.8, 4) is 0 Å². The van der Waals surface area contributed by atoms with E-state index in [1.54, 1.807) is 18.1 Å². The van der Waals surface area contributed by atoms with Crippen LogP contribution in [0.5, 0.6) is 0 Å². The van der Waals surface area contributed by atoms with Gasteiger partial charge in [-0.15, -0.1) is 0 Å². The summed E-state index contributed by atoms with van der Waals surface area (Å²) in [5.74, 6) is 0.927. The van der Waals surface area contributed by atoms with Crippen molar-refractivity contribution in [3.63, 3.8) is 0 Å². The molecule has 1 aromatic heterocycles.